The number of nitrogens with one attached hydrogen (secondary N) is 1. The molecule has 26 heavy (non-hydrogen) atoms. The van der Waals surface area contributed by atoms with E-state index in [4.69, 9.17) is 9.47 Å². The van der Waals surface area contributed by atoms with Gasteiger partial charge < -0.3 is 14.8 Å². The number of rotatable bonds is 7. The molecule has 0 aliphatic heterocycles. The monoisotopic (exact) mass is 394 g/mol. The van der Waals surface area contributed by atoms with Crippen molar-refractivity contribution in [3.8, 4) is 0 Å². The number of thiophene rings is 1. The van der Waals surface area contributed by atoms with Gasteiger partial charge in [-0.2, -0.15) is 0 Å². The van der Waals surface area contributed by atoms with Gasteiger partial charge in [0.1, 0.15) is 4.88 Å². The van der Waals surface area contributed by atoms with E-state index >= 15 is 0 Å². The molecule has 0 fully saturated rings. The van der Waals surface area contributed by atoms with Gasteiger partial charge >= 0.3 is 11.9 Å². The van der Waals surface area contributed by atoms with Crippen LogP contribution in [0.2, 0.25) is 0 Å². The quantitative estimate of drug-likeness (QED) is 0.572. The molecule has 2 aromatic rings. The number of carbonyl (C=O) groups is 3. The van der Waals surface area contributed by atoms with Crippen molar-refractivity contribution in [2.45, 2.75) is 20.8 Å². The zero-order valence-electron chi connectivity index (χ0n) is 14.5. The third kappa shape index (κ3) is 5.78. The van der Waals surface area contributed by atoms with Crippen LogP contribution in [0.5, 0.6) is 0 Å². The Labute approximate surface area is 158 Å². The highest BCUT2D eigenvalue weighted by Crippen LogP contribution is 2.27. The van der Waals surface area contributed by atoms with Gasteiger partial charge in [0.25, 0.3) is 5.91 Å². The standard InChI is InChI=1S/C17H18N2O5S2/c1-4-23-17(22)16-10(2)7-14(26-16)19-13(20)8-24-15(21)6-5-12-9-25-11(3)18-12/h5-7,9H,4,8H2,1-3H3,(H,19,20)/b6-5+. The number of aromatic nitrogens is 1. The maximum absolute atomic E-state index is 11.9. The number of carbonyl (C=O) groups excluding carboxylic acids is 3. The number of esters is 2. The lowest BCUT2D eigenvalue weighted by atomic mass is 10.3. The third-order valence-corrected chi connectivity index (χ3v) is 4.94. The maximum atomic E-state index is 11.9. The fourth-order valence-electron chi connectivity index (χ4n) is 1.91. The van der Waals surface area contributed by atoms with Gasteiger partial charge in [0.2, 0.25) is 0 Å². The molecule has 0 aliphatic rings. The van der Waals surface area contributed by atoms with Crippen LogP contribution >= 0.6 is 22.7 Å². The minimum Gasteiger partial charge on any atom is -0.462 e. The lowest BCUT2D eigenvalue weighted by molar-refractivity contribution is -0.142. The Hall–Kier alpha value is -2.52. The molecule has 0 aliphatic carbocycles. The highest BCUT2D eigenvalue weighted by Gasteiger charge is 2.16. The van der Waals surface area contributed by atoms with E-state index < -0.39 is 24.5 Å². The molecule has 2 aromatic heterocycles. The Morgan fingerprint density at radius 2 is 2.04 bits per heavy atom. The number of hydrogen-bond donors (Lipinski definition) is 1. The molecule has 0 bridgehead atoms. The summed E-state index contributed by atoms with van der Waals surface area (Å²) in [6.07, 6.45) is 2.74. The SMILES string of the molecule is CCOC(=O)c1sc(NC(=O)COC(=O)/C=C/c2csc(C)n2)cc1C. The molecule has 0 radical (unpaired) electrons. The molecule has 0 atom stereocenters. The summed E-state index contributed by atoms with van der Waals surface area (Å²) < 4.78 is 9.83. The first-order valence-electron chi connectivity index (χ1n) is 7.73. The predicted octanol–water partition coefficient (Wildman–Crippen LogP) is 3.19. The Morgan fingerprint density at radius 1 is 1.27 bits per heavy atom. The summed E-state index contributed by atoms with van der Waals surface area (Å²) in [4.78, 5) is 39.9. The van der Waals surface area contributed by atoms with Crippen LogP contribution < -0.4 is 5.32 Å². The Kier molecular flexibility index (Phi) is 7.05. The molecule has 7 nitrogen and oxygen atoms in total. The maximum Gasteiger partial charge on any atom is 0.348 e. The van der Waals surface area contributed by atoms with Crippen molar-refractivity contribution in [2.24, 2.45) is 0 Å². The van der Waals surface area contributed by atoms with Gasteiger partial charge in [-0.15, -0.1) is 22.7 Å². The van der Waals surface area contributed by atoms with Crippen molar-refractivity contribution in [3.63, 3.8) is 0 Å². The summed E-state index contributed by atoms with van der Waals surface area (Å²) in [7, 11) is 0. The van der Waals surface area contributed by atoms with E-state index in [1.165, 1.54) is 23.5 Å². The molecule has 2 rings (SSSR count). The minimum atomic E-state index is -0.639. The molecule has 1 N–H and O–H groups in total. The molecule has 2 heterocycles. The molecule has 0 unspecified atom stereocenters. The molecular formula is C17H18N2O5S2. The zero-order valence-corrected chi connectivity index (χ0v) is 16.2. The number of aryl methyl sites for hydroxylation is 2. The first-order valence-corrected chi connectivity index (χ1v) is 9.43. The van der Waals surface area contributed by atoms with E-state index in [1.807, 2.05) is 12.3 Å². The molecular weight excluding hydrogens is 376 g/mol. The zero-order chi connectivity index (χ0) is 19.1. The largest absolute Gasteiger partial charge is 0.462 e. The van der Waals surface area contributed by atoms with Crippen molar-refractivity contribution < 1.29 is 23.9 Å². The van der Waals surface area contributed by atoms with Crippen molar-refractivity contribution in [3.05, 3.63) is 38.7 Å². The van der Waals surface area contributed by atoms with Crippen molar-refractivity contribution in [2.75, 3.05) is 18.5 Å². The number of hydrogen-bond acceptors (Lipinski definition) is 8. The summed E-state index contributed by atoms with van der Waals surface area (Å²) in [5, 5.41) is 5.78. The summed E-state index contributed by atoms with van der Waals surface area (Å²) in [5.74, 6) is -1.56. The molecule has 138 valence electrons. The van der Waals surface area contributed by atoms with Crippen LogP contribution in [0.1, 0.15) is 32.9 Å². The predicted molar refractivity (Wildman–Crippen MR) is 100 cm³/mol. The normalized spacial score (nSPS) is 10.7. The van der Waals surface area contributed by atoms with Crippen molar-refractivity contribution in [1.29, 1.82) is 0 Å². The summed E-state index contributed by atoms with van der Waals surface area (Å²) in [5.41, 5.74) is 1.37. The highest BCUT2D eigenvalue weighted by molar-refractivity contribution is 7.18. The van der Waals surface area contributed by atoms with E-state index in [9.17, 15) is 14.4 Å². The number of amides is 1. The Morgan fingerprint density at radius 3 is 2.69 bits per heavy atom. The van der Waals surface area contributed by atoms with Crippen LogP contribution in [-0.4, -0.2) is 36.0 Å². The average Bonchev–Trinajstić information content (AvgIpc) is 3.16. The fraction of sp³-hybridized carbons (Fsp3) is 0.294. The van der Waals surface area contributed by atoms with Crippen molar-refractivity contribution in [1.82, 2.24) is 4.98 Å². The summed E-state index contributed by atoms with van der Waals surface area (Å²) >= 11 is 2.59. The average molecular weight is 394 g/mol. The first kappa shape index (κ1) is 19.8. The molecule has 1 amide bonds. The second-order valence-corrected chi connectivity index (χ2v) is 7.24. The first-order chi connectivity index (χ1) is 12.4. The fourth-order valence-corrected chi connectivity index (χ4v) is 3.47. The smallest absolute Gasteiger partial charge is 0.348 e. The Bertz CT molecular complexity index is 838. The van der Waals surface area contributed by atoms with Gasteiger partial charge in [0.05, 0.1) is 22.3 Å². The van der Waals surface area contributed by atoms with Gasteiger partial charge in [-0.05, 0) is 38.5 Å². The lowest BCUT2D eigenvalue weighted by Gasteiger charge is -2.02. The van der Waals surface area contributed by atoms with Crippen LogP contribution in [-0.2, 0) is 19.1 Å². The summed E-state index contributed by atoms with van der Waals surface area (Å²) in [6, 6.07) is 1.67. The number of anilines is 1. The van der Waals surface area contributed by atoms with Crippen LogP contribution in [0.3, 0.4) is 0 Å². The van der Waals surface area contributed by atoms with Crippen molar-refractivity contribution >= 4 is 51.6 Å². The van der Waals surface area contributed by atoms with Crippen LogP contribution in [0.15, 0.2) is 17.5 Å². The molecule has 9 heteroatoms. The van der Waals surface area contributed by atoms with Gasteiger partial charge in [0.15, 0.2) is 6.61 Å². The van der Waals surface area contributed by atoms with E-state index in [-0.39, 0.29) is 6.61 Å². The molecule has 0 aromatic carbocycles. The number of thiazole rings is 1. The van der Waals surface area contributed by atoms with Crippen LogP contribution in [0, 0.1) is 13.8 Å². The Balaban J connectivity index is 1.83. The minimum absolute atomic E-state index is 0.280. The summed E-state index contributed by atoms with van der Waals surface area (Å²) in [6.45, 7) is 5.20. The number of ether oxygens (including phenoxy) is 2. The molecule has 0 spiro atoms. The van der Waals surface area contributed by atoms with Gasteiger partial charge in [-0.3, -0.25) is 4.79 Å². The van der Waals surface area contributed by atoms with E-state index in [0.29, 0.717) is 21.1 Å². The lowest BCUT2D eigenvalue weighted by Crippen LogP contribution is -2.19. The van der Waals surface area contributed by atoms with E-state index in [2.05, 4.69) is 10.3 Å². The molecule has 0 saturated carbocycles. The number of nitrogens with zero attached hydrogens (tertiary/aromatic N) is 1. The highest BCUT2D eigenvalue weighted by atomic mass is 32.1. The molecule has 0 saturated heterocycles. The van der Waals surface area contributed by atoms with E-state index in [0.717, 1.165) is 16.3 Å². The third-order valence-electron chi connectivity index (χ3n) is 3.01. The van der Waals surface area contributed by atoms with E-state index in [1.54, 1.807) is 19.9 Å². The topological polar surface area (TPSA) is 94.6 Å². The van der Waals surface area contributed by atoms with Gasteiger partial charge in [0, 0.05) is 11.5 Å². The second-order valence-electron chi connectivity index (χ2n) is 5.12. The second kappa shape index (κ2) is 9.25. The van der Waals surface area contributed by atoms with Gasteiger partial charge in [-0.25, -0.2) is 14.6 Å². The van der Waals surface area contributed by atoms with Gasteiger partial charge in [-0.1, -0.05) is 0 Å². The van der Waals surface area contributed by atoms with Crippen LogP contribution in [0.25, 0.3) is 6.08 Å². The van der Waals surface area contributed by atoms with Crippen LogP contribution in [0.4, 0.5) is 5.00 Å².